The van der Waals surface area contributed by atoms with Gasteiger partial charge in [-0.1, -0.05) is 6.07 Å². The molecule has 0 aliphatic carbocycles. The lowest BCUT2D eigenvalue weighted by molar-refractivity contribution is 0.0928. The summed E-state index contributed by atoms with van der Waals surface area (Å²) in [6.45, 7) is 3.21. The number of carbonyl (C=O) groups excluding carboxylic acids is 1. The van der Waals surface area contributed by atoms with Crippen LogP contribution in [0.4, 0.5) is 0 Å². The Morgan fingerprint density at radius 2 is 1.92 bits per heavy atom. The number of nitrogens with one attached hydrogen (secondary N) is 1. The maximum atomic E-state index is 12.8. The highest BCUT2D eigenvalue weighted by molar-refractivity contribution is 7.89. The number of hydrogen-bond donors (Lipinski definition) is 1. The number of rotatable bonds is 6. The fourth-order valence-corrected chi connectivity index (χ4v) is 5.02. The molecule has 140 valence electrons. The minimum absolute atomic E-state index is 0.00335. The summed E-state index contributed by atoms with van der Waals surface area (Å²) in [6.07, 6.45) is 1.21. The van der Waals surface area contributed by atoms with Gasteiger partial charge in [0.2, 0.25) is 10.0 Å². The molecule has 0 bridgehead atoms. The maximum absolute atomic E-state index is 12.8. The minimum atomic E-state index is -3.52. The van der Waals surface area contributed by atoms with Crippen molar-refractivity contribution < 1.29 is 17.9 Å². The van der Waals surface area contributed by atoms with Crippen molar-refractivity contribution in [2.75, 3.05) is 19.7 Å². The predicted molar refractivity (Wildman–Crippen MR) is 101 cm³/mol. The van der Waals surface area contributed by atoms with Gasteiger partial charge in [0, 0.05) is 19.1 Å². The summed E-state index contributed by atoms with van der Waals surface area (Å²) in [4.78, 5) is 13.1. The monoisotopic (exact) mass is 394 g/mol. The fraction of sp³-hybridized carbons (Fsp3) is 0.389. The summed E-state index contributed by atoms with van der Waals surface area (Å²) < 4.78 is 32.4. The van der Waals surface area contributed by atoms with Crippen LogP contribution in [0.15, 0.2) is 46.7 Å². The molecule has 1 aliphatic rings. The molecule has 2 heterocycles. The Balaban J connectivity index is 1.58. The third-order valence-electron chi connectivity index (χ3n) is 4.31. The Hall–Kier alpha value is -1.90. The van der Waals surface area contributed by atoms with Gasteiger partial charge >= 0.3 is 0 Å². The van der Waals surface area contributed by atoms with Gasteiger partial charge in [-0.2, -0.15) is 4.31 Å². The molecule has 2 aromatic rings. The summed E-state index contributed by atoms with van der Waals surface area (Å²) >= 11 is 1.40. The molecular formula is C18H22N2O4S2. The summed E-state index contributed by atoms with van der Waals surface area (Å²) in [5.74, 6) is 0.564. The molecule has 8 heteroatoms. The predicted octanol–water partition coefficient (Wildman–Crippen LogP) is 2.73. The third-order valence-corrected chi connectivity index (χ3v) is 7.09. The highest BCUT2D eigenvalue weighted by atomic mass is 32.2. The second kappa shape index (κ2) is 8.20. The smallest absolute Gasteiger partial charge is 0.261 e. The zero-order chi connectivity index (χ0) is 18.6. The van der Waals surface area contributed by atoms with Crippen molar-refractivity contribution in [1.29, 1.82) is 0 Å². The standard InChI is InChI=1S/C18H22N2O4S2/c1-2-24-15-5-7-16(8-6-15)26(22,23)20-11-9-14(10-12-20)19-18(21)17-4-3-13-25-17/h3-8,13-14H,2,9-12H2,1H3,(H,19,21). The zero-order valence-corrected chi connectivity index (χ0v) is 16.2. The number of thiophene rings is 1. The number of piperidine rings is 1. The summed E-state index contributed by atoms with van der Waals surface area (Å²) in [6, 6.07) is 10.1. The van der Waals surface area contributed by atoms with Crippen molar-refractivity contribution in [3.05, 3.63) is 46.7 Å². The first-order chi connectivity index (χ1) is 12.5. The largest absolute Gasteiger partial charge is 0.494 e. The van der Waals surface area contributed by atoms with Crippen LogP contribution in [-0.2, 0) is 10.0 Å². The van der Waals surface area contributed by atoms with Crippen molar-refractivity contribution in [3.8, 4) is 5.75 Å². The molecule has 1 N–H and O–H groups in total. The number of carbonyl (C=O) groups is 1. The van der Waals surface area contributed by atoms with Crippen LogP contribution < -0.4 is 10.1 Å². The van der Waals surface area contributed by atoms with E-state index in [-0.39, 0.29) is 16.8 Å². The van der Waals surface area contributed by atoms with Gasteiger partial charge in [0.1, 0.15) is 5.75 Å². The Labute approximate surface area is 157 Å². The second-order valence-electron chi connectivity index (χ2n) is 6.03. The molecule has 1 saturated heterocycles. The van der Waals surface area contributed by atoms with E-state index in [1.807, 2.05) is 18.4 Å². The third kappa shape index (κ3) is 4.25. The lowest BCUT2D eigenvalue weighted by Crippen LogP contribution is -2.46. The molecule has 1 aliphatic heterocycles. The van der Waals surface area contributed by atoms with Gasteiger partial charge in [-0.15, -0.1) is 11.3 Å². The van der Waals surface area contributed by atoms with Crippen LogP contribution >= 0.6 is 11.3 Å². The van der Waals surface area contributed by atoms with Crippen molar-refractivity contribution in [2.24, 2.45) is 0 Å². The quantitative estimate of drug-likeness (QED) is 0.817. The lowest BCUT2D eigenvalue weighted by atomic mass is 10.1. The van der Waals surface area contributed by atoms with Crippen LogP contribution in [0.3, 0.4) is 0 Å². The van der Waals surface area contributed by atoms with Crippen LogP contribution in [0.2, 0.25) is 0 Å². The molecule has 0 atom stereocenters. The molecule has 1 amide bonds. The Kier molecular flexibility index (Phi) is 5.95. The van der Waals surface area contributed by atoms with Gasteiger partial charge in [-0.05, 0) is 55.5 Å². The first-order valence-corrected chi connectivity index (χ1v) is 10.9. The van der Waals surface area contributed by atoms with Crippen LogP contribution in [0.1, 0.15) is 29.4 Å². The zero-order valence-electron chi connectivity index (χ0n) is 14.6. The molecule has 0 unspecified atom stereocenters. The topological polar surface area (TPSA) is 75.7 Å². The maximum Gasteiger partial charge on any atom is 0.261 e. The Morgan fingerprint density at radius 3 is 2.50 bits per heavy atom. The highest BCUT2D eigenvalue weighted by Crippen LogP contribution is 2.23. The van der Waals surface area contributed by atoms with Crippen LogP contribution in [0, 0.1) is 0 Å². The Morgan fingerprint density at radius 1 is 1.23 bits per heavy atom. The van der Waals surface area contributed by atoms with E-state index < -0.39 is 10.0 Å². The first kappa shape index (κ1) is 18.9. The van der Waals surface area contributed by atoms with E-state index >= 15 is 0 Å². The number of nitrogens with zero attached hydrogens (tertiary/aromatic N) is 1. The van der Waals surface area contributed by atoms with Crippen LogP contribution in [-0.4, -0.2) is 44.4 Å². The molecule has 3 rings (SSSR count). The molecule has 0 radical (unpaired) electrons. The van der Waals surface area contributed by atoms with Crippen molar-refractivity contribution >= 4 is 27.3 Å². The van der Waals surface area contributed by atoms with E-state index in [9.17, 15) is 13.2 Å². The molecule has 1 aromatic carbocycles. The van der Waals surface area contributed by atoms with E-state index in [1.54, 1.807) is 30.3 Å². The summed E-state index contributed by atoms with van der Waals surface area (Å²) in [5.41, 5.74) is 0. The SMILES string of the molecule is CCOc1ccc(S(=O)(=O)N2CCC(NC(=O)c3cccs3)CC2)cc1. The van der Waals surface area contributed by atoms with Gasteiger partial charge in [0.15, 0.2) is 0 Å². The average Bonchev–Trinajstić information content (AvgIpc) is 3.18. The minimum Gasteiger partial charge on any atom is -0.494 e. The molecule has 0 saturated carbocycles. The van der Waals surface area contributed by atoms with E-state index in [1.165, 1.54) is 15.6 Å². The van der Waals surface area contributed by atoms with E-state index in [0.29, 0.717) is 43.2 Å². The highest BCUT2D eigenvalue weighted by Gasteiger charge is 2.30. The first-order valence-electron chi connectivity index (χ1n) is 8.58. The molecule has 0 spiro atoms. The molecule has 1 aromatic heterocycles. The van der Waals surface area contributed by atoms with E-state index in [4.69, 9.17) is 4.74 Å². The number of amides is 1. The van der Waals surface area contributed by atoms with E-state index in [0.717, 1.165) is 0 Å². The van der Waals surface area contributed by atoms with Crippen molar-refractivity contribution in [3.63, 3.8) is 0 Å². The number of hydrogen-bond acceptors (Lipinski definition) is 5. The van der Waals surface area contributed by atoms with Crippen LogP contribution in [0.5, 0.6) is 5.75 Å². The fourth-order valence-electron chi connectivity index (χ4n) is 2.93. The van der Waals surface area contributed by atoms with Gasteiger partial charge in [0.05, 0.1) is 16.4 Å². The van der Waals surface area contributed by atoms with Crippen molar-refractivity contribution in [1.82, 2.24) is 9.62 Å². The molecular weight excluding hydrogens is 372 g/mol. The Bertz CT molecular complexity index is 825. The second-order valence-corrected chi connectivity index (χ2v) is 8.92. The van der Waals surface area contributed by atoms with Gasteiger partial charge < -0.3 is 10.1 Å². The average molecular weight is 395 g/mol. The number of sulfonamides is 1. The van der Waals surface area contributed by atoms with Crippen molar-refractivity contribution in [2.45, 2.75) is 30.7 Å². The normalized spacial score (nSPS) is 16.3. The summed E-state index contributed by atoms with van der Waals surface area (Å²) in [5, 5.41) is 4.85. The lowest BCUT2D eigenvalue weighted by Gasteiger charge is -2.31. The number of benzene rings is 1. The molecule has 1 fully saturated rings. The van der Waals surface area contributed by atoms with Crippen LogP contribution in [0.25, 0.3) is 0 Å². The summed E-state index contributed by atoms with van der Waals surface area (Å²) in [7, 11) is -3.52. The van der Waals surface area contributed by atoms with E-state index in [2.05, 4.69) is 5.32 Å². The number of ether oxygens (including phenoxy) is 1. The molecule has 26 heavy (non-hydrogen) atoms. The van der Waals surface area contributed by atoms with Gasteiger partial charge in [-0.25, -0.2) is 8.42 Å². The van der Waals surface area contributed by atoms with Gasteiger partial charge in [-0.3, -0.25) is 4.79 Å². The molecule has 6 nitrogen and oxygen atoms in total. The van der Waals surface area contributed by atoms with Gasteiger partial charge in [0.25, 0.3) is 5.91 Å².